The van der Waals surface area contributed by atoms with Crippen molar-refractivity contribution in [2.24, 2.45) is 13.0 Å². The first kappa shape index (κ1) is 21.3. The number of nitrogens with zero attached hydrogens (tertiary/aromatic N) is 3. The SMILES string of the molecule is CC(C)C(=O)Nc1ccc(N2C(=S)N[C@H](c3ccccn3)[C@H]2c2ccn(C)c2)cc1Cl. The van der Waals surface area contributed by atoms with Crippen molar-refractivity contribution in [3.05, 3.63) is 77.3 Å². The van der Waals surface area contributed by atoms with Gasteiger partial charge in [-0.3, -0.25) is 9.78 Å². The van der Waals surface area contributed by atoms with Crippen molar-refractivity contribution >= 4 is 46.2 Å². The average Bonchev–Trinajstić information content (AvgIpc) is 3.32. The van der Waals surface area contributed by atoms with Gasteiger partial charge in [0.05, 0.1) is 28.5 Å². The van der Waals surface area contributed by atoms with E-state index in [-0.39, 0.29) is 23.9 Å². The fourth-order valence-electron chi connectivity index (χ4n) is 3.70. The van der Waals surface area contributed by atoms with Crippen molar-refractivity contribution in [3.63, 3.8) is 0 Å². The molecule has 3 aromatic rings. The Kier molecular flexibility index (Phi) is 5.98. The van der Waals surface area contributed by atoms with Crippen molar-refractivity contribution in [1.82, 2.24) is 14.9 Å². The number of aromatic nitrogens is 2. The molecule has 4 rings (SSSR count). The maximum atomic E-state index is 12.1. The highest BCUT2D eigenvalue weighted by molar-refractivity contribution is 7.80. The van der Waals surface area contributed by atoms with E-state index in [4.69, 9.17) is 23.8 Å². The monoisotopic (exact) mass is 453 g/mol. The number of carbonyl (C=O) groups is 1. The van der Waals surface area contributed by atoms with Crippen LogP contribution in [-0.4, -0.2) is 20.6 Å². The molecule has 0 spiro atoms. The number of hydrogen-bond acceptors (Lipinski definition) is 3. The zero-order valence-electron chi connectivity index (χ0n) is 17.5. The predicted octanol–water partition coefficient (Wildman–Crippen LogP) is 4.85. The number of hydrogen-bond donors (Lipinski definition) is 2. The molecule has 1 amide bonds. The number of benzene rings is 1. The van der Waals surface area contributed by atoms with Gasteiger partial charge in [-0.15, -0.1) is 0 Å². The summed E-state index contributed by atoms with van der Waals surface area (Å²) in [6, 6.07) is 13.3. The highest BCUT2D eigenvalue weighted by atomic mass is 35.5. The summed E-state index contributed by atoms with van der Waals surface area (Å²) in [7, 11) is 1.99. The third-order valence-corrected chi connectivity index (χ3v) is 5.93. The number of carbonyl (C=O) groups excluding carboxylic acids is 1. The van der Waals surface area contributed by atoms with Crippen LogP contribution in [0.2, 0.25) is 5.02 Å². The molecule has 160 valence electrons. The zero-order chi connectivity index (χ0) is 22.1. The van der Waals surface area contributed by atoms with Crippen molar-refractivity contribution in [3.8, 4) is 0 Å². The van der Waals surface area contributed by atoms with Crippen LogP contribution in [0, 0.1) is 5.92 Å². The van der Waals surface area contributed by atoms with E-state index in [1.807, 2.05) is 68.1 Å². The lowest BCUT2D eigenvalue weighted by atomic mass is 9.98. The molecule has 8 heteroatoms. The van der Waals surface area contributed by atoms with Gasteiger partial charge >= 0.3 is 0 Å². The fourth-order valence-corrected chi connectivity index (χ4v) is 4.27. The maximum Gasteiger partial charge on any atom is 0.226 e. The van der Waals surface area contributed by atoms with Gasteiger partial charge in [0.2, 0.25) is 5.91 Å². The molecule has 1 aromatic carbocycles. The van der Waals surface area contributed by atoms with Crippen LogP contribution in [0.3, 0.4) is 0 Å². The Hall–Kier alpha value is -2.90. The number of amides is 1. The van der Waals surface area contributed by atoms with Crippen molar-refractivity contribution in [2.45, 2.75) is 25.9 Å². The molecule has 31 heavy (non-hydrogen) atoms. The molecular formula is C23H24ClN5OS. The van der Waals surface area contributed by atoms with E-state index in [0.717, 1.165) is 16.9 Å². The van der Waals surface area contributed by atoms with Crippen LogP contribution in [0.25, 0.3) is 0 Å². The normalized spacial score (nSPS) is 18.4. The third-order valence-electron chi connectivity index (χ3n) is 5.31. The minimum Gasteiger partial charge on any atom is -0.357 e. The van der Waals surface area contributed by atoms with Gasteiger partial charge < -0.3 is 20.1 Å². The predicted molar refractivity (Wildman–Crippen MR) is 128 cm³/mol. The molecule has 0 bridgehead atoms. The molecule has 3 heterocycles. The molecule has 0 radical (unpaired) electrons. The number of anilines is 2. The summed E-state index contributed by atoms with van der Waals surface area (Å²) in [5.74, 6) is -0.210. The number of nitrogens with one attached hydrogen (secondary N) is 2. The second-order valence-electron chi connectivity index (χ2n) is 7.92. The Morgan fingerprint density at radius 1 is 1.26 bits per heavy atom. The Bertz CT molecular complexity index is 1110. The smallest absolute Gasteiger partial charge is 0.226 e. The molecule has 1 aliphatic rings. The number of pyridine rings is 1. The summed E-state index contributed by atoms with van der Waals surface area (Å²) in [5.41, 5.74) is 3.45. The molecular weight excluding hydrogens is 430 g/mol. The molecule has 0 unspecified atom stereocenters. The quantitative estimate of drug-likeness (QED) is 0.541. The maximum absolute atomic E-state index is 12.1. The van der Waals surface area contributed by atoms with Crippen LogP contribution in [0.1, 0.15) is 37.2 Å². The Balaban J connectivity index is 1.73. The van der Waals surface area contributed by atoms with E-state index in [9.17, 15) is 4.79 Å². The van der Waals surface area contributed by atoms with Crippen LogP contribution >= 0.6 is 23.8 Å². The van der Waals surface area contributed by atoms with Gasteiger partial charge in [-0.05, 0) is 54.2 Å². The minimum atomic E-state index is -0.132. The molecule has 6 nitrogen and oxygen atoms in total. The van der Waals surface area contributed by atoms with Crippen LogP contribution in [0.4, 0.5) is 11.4 Å². The summed E-state index contributed by atoms with van der Waals surface area (Å²) in [5, 5.41) is 7.36. The number of aryl methyl sites for hydroxylation is 1. The molecule has 2 aromatic heterocycles. The minimum absolute atomic E-state index is 0.0783. The third kappa shape index (κ3) is 4.29. The number of rotatable bonds is 5. The first-order chi connectivity index (χ1) is 14.8. The molecule has 2 N–H and O–H groups in total. The highest BCUT2D eigenvalue weighted by Crippen LogP contribution is 2.42. The molecule has 1 saturated heterocycles. The van der Waals surface area contributed by atoms with Gasteiger partial charge in [0.1, 0.15) is 0 Å². The van der Waals surface area contributed by atoms with Crippen LogP contribution in [-0.2, 0) is 11.8 Å². The Labute approximate surface area is 192 Å². The lowest BCUT2D eigenvalue weighted by Gasteiger charge is -2.27. The van der Waals surface area contributed by atoms with Gasteiger partial charge in [-0.1, -0.05) is 31.5 Å². The fraction of sp³-hybridized carbons (Fsp3) is 0.261. The van der Waals surface area contributed by atoms with Crippen molar-refractivity contribution < 1.29 is 4.79 Å². The van der Waals surface area contributed by atoms with Crippen LogP contribution in [0.5, 0.6) is 0 Å². The van der Waals surface area contributed by atoms with Crippen molar-refractivity contribution in [1.29, 1.82) is 0 Å². The Morgan fingerprint density at radius 2 is 2.06 bits per heavy atom. The largest absolute Gasteiger partial charge is 0.357 e. The molecule has 0 aliphatic carbocycles. The summed E-state index contributed by atoms with van der Waals surface area (Å²) in [6.07, 6.45) is 5.89. The van der Waals surface area contributed by atoms with E-state index < -0.39 is 0 Å². The molecule has 1 fully saturated rings. The number of halogens is 1. The van der Waals surface area contributed by atoms with Gasteiger partial charge in [0.15, 0.2) is 5.11 Å². The lowest BCUT2D eigenvalue weighted by molar-refractivity contribution is -0.118. The summed E-state index contributed by atoms with van der Waals surface area (Å²) < 4.78 is 2.02. The summed E-state index contributed by atoms with van der Waals surface area (Å²) in [6.45, 7) is 3.68. The highest BCUT2D eigenvalue weighted by Gasteiger charge is 2.41. The summed E-state index contributed by atoms with van der Waals surface area (Å²) in [4.78, 5) is 18.7. The van der Waals surface area contributed by atoms with Crippen LogP contribution < -0.4 is 15.5 Å². The summed E-state index contributed by atoms with van der Waals surface area (Å²) >= 11 is 12.3. The van der Waals surface area contributed by atoms with Gasteiger partial charge in [0, 0.05) is 37.2 Å². The van der Waals surface area contributed by atoms with E-state index in [2.05, 4.69) is 32.8 Å². The molecule has 0 saturated carbocycles. The van der Waals surface area contributed by atoms with Gasteiger partial charge in [0.25, 0.3) is 0 Å². The second kappa shape index (κ2) is 8.69. The van der Waals surface area contributed by atoms with Crippen LogP contribution in [0.15, 0.2) is 61.1 Å². The topological polar surface area (TPSA) is 62.2 Å². The second-order valence-corrected chi connectivity index (χ2v) is 8.71. The zero-order valence-corrected chi connectivity index (χ0v) is 19.1. The average molecular weight is 454 g/mol. The van der Waals surface area contributed by atoms with Gasteiger partial charge in [-0.25, -0.2) is 0 Å². The van der Waals surface area contributed by atoms with E-state index >= 15 is 0 Å². The first-order valence-corrected chi connectivity index (χ1v) is 10.9. The molecule has 2 atom stereocenters. The standard InChI is InChI=1S/C23H24ClN5OS/c1-14(2)22(30)26-18-8-7-16(12-17(18)24)29-21(15-9-11-28(3)13-15)20(27-23(29)31)19-6-4-5-10-25-19/h4-14,20-21H,1-3H3,(H,26,30)(H,27,31)/t20-,21-/m1/s1. The molecule has 1 aliphatic heterocycles. The van der Waals surface area contributed by atoms with Gasteiger partial charge in [-0.2, -0.15) is 0 Å². The lowest BCUT2D eigenvalue weighted by Crippen LogP contribution is -2.29. The Morgan fingerprint density at radius 3 is 2.68 bits per heavy atom. The van der Waals surface area contributed by atoms with E-state index in [1.54, 1.807) is 6.20 Å². The first-order valence-electron chi connectivity index (χ1n) is 10.1. The van der Waals surface area contributed by atoms with E-state index in [1.165, 1.54) is 0 Å². The van der Waals surface area contributed by atoms with E-state index in [0.29, 0.717) is 15.8 Å². The van der Waals surface area contributed by atoms with Crippen molar-refractivity contribution in [2.75, 3.05) is 10.2 Å². The number of thiocarbonyl (C=S) groups is 1.